The zero-order valence-corrected chi connectivity index (χ0v) is 16.9. The fourth-order valence-electron chi connectivity index (χ4n) is 2.76. The van der Waals surface area contributed by atoms with Gasteiger partial charge in [0.25, 0.3) is 0 Å². The lowest BCUT2D eigenvalue weighted by Crippen LogP contribution is -2.12. The number of carbonyl (C=O) groups excluding carboxylic acids is 1. The van der Waals surface area contributed by atoms with Crippen LogP contribution in [0.3, 0.4) is 0 Å². The Balaban J connectivity index is 1.90. The van der Waals surface area contributed by atoms with Crippen LogP contribution in [0.5, 0.6) is 17.2 Å². The average molecular weight is 408 g/mol. The Morgan fingerprint density at radius 3 is 2.25 bits per heavy atom. The first-order chi connectivity index (χ1) is 13.5. The number of nitrogens with zero attached hydrogens (tertiary/aromatic N) is 2. The second-order valence-corrected chi connectivity index (χ2v) is 6.62. The summed E-state index contributed by atoms with van der Waals surface area (Å²) in [5, 5.41) is 3.30. The van der Waals surface area contributed by atoms with Crippen molar-refractivity contribution in [2.45, 2.75) is 25.3 Å². The number of esters is 1. The van der Waals surface area contributed by atoms with Gasteiger partial charge in [-0.05, 0) is 30.5 Å². The molecule has 0 spiro atoms. The summed E-state index contributed by atoms with van der Waals surface area (Å²) in [4.78, 5) is 20.8. The number of halogens is 1. The number of hydrogen-bond acceptors (Lipinski definition) is 8. The predicted molar refractivity (Wildman–Crippen MR) is 104 cm³/mol. The van der Waals surface area contributed by atoms with Crippen LogP contribution in [0, 0.1) is 0 Å². The molecule has 0 unspecified atom stereocenters. The topological polar surface area (TPSA) is 91.8 Å². The maximum absolute atomic E-state index is 12.0. The van der Waals surface area contributed by atoms with Crippen molar-refractivity contribution in [1.29, 1.82) is 0 Å². The number of aromatic nitrogens is 2. The molecule has 150 valence electrons. The Kier molecular flexibility index (Phi) is 6.08. The van der Waals surface area contributed by atoms with Gasteiger partial charge < -0.3 is 24.3 Å². The van der Waals surface area contributed by atoms with E-state index >= 15 is 0 Å². The van der Waals surface area contributed by atoms with Gasteiger partial charge in [0.15, 0.2) is 17.2 Å². The van der Waals surface area contributed by atoms with E-state index in [0.717, 1.165) is 18.4 Å². The maximum Gasteiger partial charge on any atom is 0.358 e. The molecule has 1 aromatic heterocycles. The molecule has 0 radical (unpaired) electrons. The van der Waals surface area contributed by atoms with Crippen LogP contribution in [0.1, 0.15) is 40.6 Å². The summed E-state index contributed by atoms with van der Waals surface area (Å²) >= 11 is 6.35. The Labute approximate surface area is 168 Å². The van der Waals surface area contributed by atoms with E-state index in [9.17, 15) is 4.79 Å². The van der Waals surface area contributed by atoms with Crippen molar-refractivity contribution in [3.63, 3.8) is 0 Å². The summed E-state index contributed by atoms with van der Waals surface area (Å²) in [6, 6.07) is 3.65. The number of rotatable bonds is 8. The number of benzene rings is 1. The second-order valence-electron chi connectivity index (χ2n) is 6.25. The van der Waals surface area contributed by atoms with Crippen LogP contribution in [0.4, 0.5) is 5.82 Å². The van der Waals surface area contributed by atoms with E-state index in [2.05, 4.69) is 15.3 Å². The highest BCUT2D eigenvalue weighted by atomic mass is 35.5. The number of hydrogen-bond donors (Lipinski definition) is 1. The van der Waals surface area contributed by atoms with Gasteiger partial charge in [-0.25, -0.2) is 14.8 Å². The summed E-state index contributed by atoms with van der Waals surface area (Å²) < 4.78 is 20.9. The third-order valence-electron chi connectivity index (χ3n) is 4.37. The van der Waals surface area contributed by atoms with Gasteiger partial charge in [-0.15, -0.1) is 0 Å². The van der Waals surface area contributed by atoms with Gasteiger partial charge in [-0.2, -0.15) is 0 Å². The van der Waals surface area contributed by atoms with Crippen molar-refractivity contribution in [3.8, 4) is 17.2 Å². The minimum Gasteiger partial charge on any atom is -0.493 e. The van der Waals surface area contributed by atoms with Gasteiger partial charge in [0.05, 0.1) is 28.4 Å². The van der Waals surface area contributed by atoms with E-state index in [-0.39, 0.29) is 16.6 Å². The molecule has 3 rings (SSSR count). The summed E-state index contributed by atoms with van der Waals surface area (Å²) in [6.07, 6.45) is 1.99. The monoisotopic (exact) mass is 407 g/mol. The molecule has 0 aliphatic heterocycles. The summed E-state index contributed by atoms with van der Waals surface area (Å²) in [7, 11) is 5.95. The SMILES string of the molecule is COC(=O)c1nc(C2CC2)nc(NCc2cc(OC)c(OC)c(OC)c2)c1Cl. The molecule has 0 atom stereocenters. The van der Waals surface area contributed by atoms with Crippen LogP contribution in [0.25, 0.3) is 0 Å². The molecule has 9 heteroatoms. The highest BCUT2D eigenvalue weighted by Crippen LogP contribution is 2.40. The van der Waals surface area contributed by atoms with E-state index in [4.69, 9.17) is 30.5 Å². The van der Waals surface area contributed by atoms with E-state index in [1.165, 1.54) is 7.11 Å². The molecule has 1 heterocycles. The molecule has 0 bridgehead atoms. The Morgan fingerprint density at radius 1 is 1.11 bits per heavy atom. The van der Waals surface area contributed by atoms with Gasteiger partial charge >= 0.3 is 5.97 Å². The third-order valence-corrected chi connectivity index (χ3v) is 4.73. The minimum absolute atomic E-state index is 0.0634. The fraction of sp³-hybridized carbons (Fsp3) is 0.421. The van der Waals surface area contributed by atoms with Crippen molar-refractivity contribution in [1.82, 2.24) is 9.97 Å². The molecule has 1 saturated carbocycles. The quantitative estimate of drug-likeness (QED) is 0.665. The summed E-state index contributed by atoms with van der Waals surface area (Å²) in [5.41, 5.74) is 0.922. The first-order valence-corrected chi connectivity index (χ1v) is 9.08. The lowest BCUT2D eigenvalue weighted by Gasteiger charge is -2.15. The number of ether oxygens (including phenoxy) is 4. The molecular formula is C19H22ClN3O5. The van der Waals surface area contributed by atoms with E-state index in [1.54, 1.807) is 21.3 Å². The molecule has 8 nitrogen and oxygen atoms in total. The Morgan fingerprint density at radius 2 is 1.75 bits per heavy atom. The number of nitrogens with one attached hydrogen (secondary N) is 1. The van der Waals surface area contributed by atoms with Crippen molar-refractivity contribution in [2.24, 2.45) is 0 Å². The van der Waals surface area contributed by atoms with Crippen molar-refractivity contribution < 1.29 is 23.7 Å². The van der Waals surface area contributed by atoms with Gasteiger partial charge in [-0.1, -0.05) is 11.6 Å². The highest BCUT2D eigenvalue weighted by Gasteiger charge is 2.30. The lowest BCUT2D eigenvalue weighted by molar-refractivity contribution is 0.0593. The molecule has 1 aliphatic rings. The number of carbonyl (C=O) groups is 1. The third kappa shape index (κ3) is 4.06. The largest absolute Gasteiger partial charge is 0.493 e. The molecule has 0 saturated heterocycles. The van der Waals surface area contributed by atoms with Crippen molar-refractivity contribution >= 4 is 23.4 Å². The number of methoxy groups -OCH3 is 4. The molecule has 1 N–H and O–H groups in total. The molecule has 1 aromatic carbocycles. The van der Waals surface area contributed by atoms with Crippen molar-refractivity contribution in [2.75, 3.05) is 33.8 Å². The summed E-state index contributed by atoms with van der Waals surface area (Å²) in [6.45, 7) is 0.373. The Hall–Kier alpha value is -2.74. The standard InChI is InChI=1S/C19H22ClN3O5/c1-25-12-7-10(8-13(26-2)16(12)27-3)9-21-18-14(20)15(19(24)28-4)22-17(23-18)11-5-6-11/h7-8,11H,5-6,9H2,1-4H3,(H,21,22,23). The number of anilines is 1. The highest BCUT2D eigenvalue weighted by molar-refractivity contribution is 6.35. The molecule has 1 aliphatic carbocycles. The Bertz CT molecular complexity index is 861. The van der Waals surface area contributed by atoms with E-state index < -0.39 is 5.97 Å². The molecule has 2 aromatic rings. The van der Waals surface area contributed by atoms with E-state index in [1.807, 2.05) is 12.1 Å². The van der Waals surface area contributed by atoms with Crippen LogP contribution in [-0.4, -0.2) is 44.4 Å². The van der Waals surface area contributed by atoms with Gasteiger partial charge in [0, 0.05) is 12.5 Å². The molecule has 28 heavy (non-hydrogen) atoms. The zero-order chi connectivity index (χ0) is 20.3. The first kappa shape index (κ1) is 20.0. The molecular weight excluding hydrogens is 386 g/mol. The fourth-order valence-corrected chi connectivity index (χ4v) is 2.99. The van der Waals surface area contributed by atoms with E-state index in [0.29, 0.717) is 35.4 Å². The normalized spacial score (nSPS) is 13.0. The lowest BCUT2D eigenvalue weighted by atomic mass is 10.1. The molecule has 1 fully saturated rings. The summed E-state index contributed by atoms with van der Waals surface area (Å²) in [5.74, 6) is 2.23. The molecule has 0 amide bonds. The maximum atomic E-state index is 12.0. The minimum atomic E-state index is -0.592. The van der Waals surface area contributed by atoms with Crippen molar-refractivity contribution in [3.05, 3.63) is 34.2 Å². The van der Waals surface area contributed by atoms with Crippen LogP contribution < -0.4 is 19.5 Å². The van der Waals surface area contributed by atoms with Crippen LogP contribution in [0.15, 0.2) is 12.1 Å². The predicted octanol–water partition coefficient (Wildman–Crippen LogP) is 3.43. The first-order valence-electron chi connectivity index (χ1n) is 8.70. The van der Waals surface area contributed by atoms with Crippen LogP contribution in [-0.2, 0) is 11.3 Å². The second kappa shape index (κ2) is 8.52. The van der Waals surface area contributed by atoms with Crippen LogP contribution in [0.2, 0.25) is 5.02 Å². The van der Waals surface area contributed by atoms with Gasteiger partial charge in [0.1, 0.15) is 16.7 Å². The zero-order valence-electron chi connectivity index (χ0n) is 16.2. The van der Waals surface area contributed by atoms with Gasteiger partial charge in [-0.3, -0.25) is 0 Å². The smallest absolute Gasteiger partial charge is 0.358 e. The van der Waals surface area contributed by atoms with Crippen LogP contribution >= 0.6 is 11.6 Å². The average Bonchev–Trinajstić information content (AvgIpc) is 3.56. The van der Waals surface area contributed by atoms with Gasteiger partial charge in [0.2, 0.25) is 5.75 Å².